The van der Waals surface area contributed by atoms with Crippen molar-refractivity contribution in [1.82, 2.24) is 15.0 Å². The van der Waals surface area contributed by atoms with Crippen molar-refractivity contribution < 1.29 is 18.5 Å². The first-order valence-electron chi connectivity index (χ1n) is 10.2. The lowest BCUT2D eigenvalue weighted by Crippen LogP contribution is -2.52. The van der Waals surface area contributed by atoms with Gasteiger partial charge in [-0.05, 0) is 26.0 Å². The molecule has 0 aliphatic carbocycles. The summed E-state index contributed by atoms with van der Waals surface area (Å²) in [4.78, 5) is 28.0. The van der Waals surface area contributed by atoms with Crippen LogP contribution in [0.2, 0.25) is 0 Å². The van der Waals surface area contributed by atoms with E-state index < -0.39 is 21.3 Å². The van der Waals surface area contributed by atoms with Crippen LogP contribution in [0.5, 0.6) is 5.75 Å². The monoisotopic (exact) mass is 440 g/mol. The average molecular weight is 441 g/mol. The Kier molecular flexibility index (Phi) is 4.82. The van der Waals surface area contributed by atoms with Crippen LogP contribution in [-0.2, 0) is 25.7 Å². The van der Waals surface area contributed by atoms with Gasteiger partial charge in [0.2, 0.25) is 5.12 Å². The first-order valence-corrected chi connectivity index (χ1v) is 11.8. The number of hydrogen-bond acceptors (Lipinski definition) is 7. The molecule has 1 saturated heterocycles. The molecule has 1 N–H and O–H groups in total. The SMILES string of the molecule is CS(=O)C(=O)C(C)(C)c1nc(-c2cccc3[nH]ccc23)nc2c1OC[C@H]1COCCN21. The number of aromatic nitrogens is 3. The van der Waals surface area contributed by atoms with Gasteiger partial charge in [-0.25, -0.2) is 9.97 Å². The van der Waals surface area contributed by atoms with Crippen LogP contribution in [0.4, 0.5) is 5.82 Å². The molecule has 4 heterocycles. The lowest BCUT2D eigenvalue weighted by Gasteiger charge is -2.41. The second-order valence-electron chi connectivity index (χ2n) is 8.39. The molecule has 5 rings (SSSR count). The second kappa shape index (κ2) is 7.42. The third-order valence-corrected chi connectivity index (χ3v) is 7.00. The van der Waals surface area contributed by atoms with Crippen molar-refractivity contribution in [3.05, 3.63) is 36.2 Å². The molecule has 162 valence electrons. The Morgan fingerprint density at radius 3 is 2.90 bits per heavy atom. The number of H-pyrrole nitrogens is 1. The third kappa shape index (κ3) is 3.23. The second-order valence-corrected chi connectivity index (χ2v) is 9.67. The fourth-order valence-electron chi connectivity index (χ4n) is 4.30. The van der Waals surface area contributed by atoms with E-state index >= 15 is 0 Å². The summed E-state index contributed by atoms with van der Waals surface area (Å²) in [6.45, 7) is 5.75. The number of anilines is 1. The fourth-order valence-corrected chi connectivity index (χ4v) is 5.11. The van der Waals surface area contributed by atoms with E-state index in [1.807, 2.05) is 30.5 Å². The Hall–Kier alpha value is -2.78. The normalized spacial score (nSPS) is 19.5. The van der Waals surface area contributed by atoms with E-state index in [1.165, 1.54) is 6.26 Å². The standard InChI is InChI=1S/C22H24N4O4S/c1-22(2,21(27)31(3)28)18-17-20(26-9-10-29-11-13(26)12-30-17)25-19(24-18)15-5-4-6-16-14(15)7-8-23-16/h4-8,13,23H,9-12H2,1-3H3/t13-,31?/m1/s1. The van der Waals surface area contributed by atoms with Crippen molar-refractivity contribution in [2.45, 2.75) is 25.3 Å². The molecule has 2 aromatic heterocycles. The first-order chi connectivity index (χ1) is 14.9. The van der Waals surface area contributed by atoms with Crippen molar-refractivity contribution in [2.24, 2.45) is 0 Å². The van der Waals surface area contributed by atoms with Gasteiger partial charge >= 0.3 is 0 Å². The van der Waals surface area contributed by atoms with Crippen LogP contribution in [0.15, 0.2) is 30.5 Å². The highest BCUT2D eigenvalue weighted by Gasteiger charge is 2.42. The molecule has 0 bridgehead atoms. The minimum atomic E-state index is -1.65. The Bertz CT molecular complexity index is 1210. The number of ether oxygens (including phenoxy) is 2. The number of nitrogens with one attached hydrogen (secondary N) is 1. The summed E-state index contributed by atoms with van der Waals surface area (Å²) in [7, 11) is -1.65. The highest BCUT2D eigenvalue weighted by atomic mass is 32.2. The van der Waals surface area contributed by atoms with E-state index in [1.54, 1.807) is 13.8 Å². The molecule has 8 nitrogen and oxygen atoms in total. The number of morpholine rings is 1. The Morgan fingerprint density at radius 2 is 2.10 bits per heavy atom. The van der Waals surface area contributed by atoms with Crippen molar-refractivity contribution in [2.75, 3.05) is 37.5 Å². The number of aromatic amines is 1. The summed E-state index contributed by atoms with van der Waals surface area (Å²) in [5.74, 6) is 1.67. The number of carbonyl (C=O) groups is 1. The van der Waals surface area contributed by atoms with Gasteiger partial charge in [0, 0.05) is 35.5 Å². The lowest BCUT2D eigenvalue weighted by molar-refractivity contribution is -0.115. The maximum absolute atomic E-state index is 12.9. The minimum Gasteiger partial charge on any atom is -0.486 e. The lowest BCUT2D eigenvalue weighted by atomic mass is 9.89. The van der Waals surface area contributed by atoms with E-state index in [9.17, 15) is 9.00 Å². The quantitative estimate of drug-likeness (QED) is 0.668. The fraction of sp³-hybridized carbons (Fsp3) is 0.409. The van der Waals surface area contributed by atoms with Crippen LogP contribution in [0.25, 0.3) is 22.3 Å². The van der Waals surface area contributed by atoms with Gasteiger partial charge in [0.05, 0.1) is 35.5 Å². The number of rotatable bonds is 3. The van der Waals surface area contributed by atoms with Gasteiger partial charge in [-0.1, -0.05) is 12.1 Å². The van der Waals surface area contributed by atoms with Crippen molar-refractivity contribution in [1.29, 1.82) is 0 Å². The van der Waals surface area contributed by atoms with Gasteiger partial charge in [0.25, 0.3) is 0 Å². The molecular formula is C22H24N4O4S. The molecule has 1 aromatic carbocycles. The molecule has 1 fully saturated rings. The Balaban J connectivity index is 1.76. The Morgan fingerprint density at radius 1 is 1.26 bits per heavy atom. The number of nitrogens with zero attached hydrogens (tertiary/aromatic N) is 3. The summed E-state index contributed by atoms with van der Waals surface area (Å²) in [6.07, 6.45) is 3.28. The molecular weight excluding hydrogens is 416 g/mol. The molecule has 2 atom stereocenters. The Labute approximate surface area is 182 Å². The maximum Gasteiger partial charge on any atom is 0.230 e. The molecule has 0 radical (unpaired) electrons. The van der Waals surface area contributed by atoms with Crippen LogP contribution >= 0.6 is 0 Å². The van der Waals surface area contributed by atoms with E-state index in [2.05, 4.69) is 9.88 Å². The third-order valence-electron chi connectivity index (χ3n) is 5.97. The number of benzene rings is 1. The van der Waals surface area contributed by atoms with Crippen molar-refractivity contribution in [3.8, 4) is 17.1 Å². The minimum absolute atomic E-state index is 0.0546. The highest BCUT2D eigenvalue weighted by molar-refractivity contribution is 7.99. The summed E-state index contributed by atoms with van der Waals surface area (Å²) in [5, 5.41) is 0.596. The van der Waals surface area contributed by atoms with E-state index in [-0.39, 0.29) is 6.04 Å². The van der Waals surface area contributed by atoms with Gasteiger partial charge < -0.3 is 19.4 Å². The highest BCUT2D eigenvalue weighted by Crippen LogP contribution is 2.43. The zero-order chi connectivity index (χ0) is 21.8. The van der Waals surface area contributed by atoms with Gasteiger partial charge in [-0.3, -0.25) is 9.00 Å². The van der Waals surface area contributed by atoms with Crippen LogP contribution in [-0.4, -0.2) is 62.9 Å². The summed E-state index contributed by atoms with van der Waals surface area (Å²) in [6, 6.07) is 7.95. The molecule has 1 unspecified atom stereocenters. The van der Waals surface area contributed by atoms with Gasteiger partial charge in [0.15, 0.2) is 17.4 Å². The zero-order valence-electron chi connectivity index (χ0n) is 17.7. The average Bonchev–Trinajstić information content (AvgIpc) is 3.26. The molecule has 0 saturated carbocycles. The molecule has 2 aliphatic heterocycles. The summed E-state index contributed by atoms with van der Waals surface area (Å²) >= 11 is 0. The van der Waals surface area contributed by atoms with E-state index in [0.717, 1.165) is 16.5 Å². The van der Waals surface area contributed by atoms with Crippen molar-refractivity contribution in [3.63, 3.8) is 0 Å². The predicted molar refractivity (Wildman–Crippen MR) is 119 cm³/mol. The summed E-state index contributed by atoms with van der Waals surface area (Å²) in [5.41, 5.74) is 1.20. The van der Waals surface area contributed by atoms with Crippen LogP contribution in [0.3, 0.4) is 0 Å². The largest absolute Gasteiger partial charge is 0.486 e. The van der Waals surface area contributed by atoms with E-state index in [4.69, 9.17) is 19.4 Å². The maximum atomic E-state index is 12.9. The number of carbonyl (C=O) groups excluding carboxylic acids is 1. The smallest absolute Gasteiger partial charge is 0.230 e. The van der Waals surface area contributed by atoms with Crippen LogP contribution in [0.1, 0.15) is 19.5 Å². The van der Waals surface area contributed by atoms with Gasteiger partial charge in [0.1, 0.15) is 12.3 Å². The van der Waals surface area contributed by atoms with Crippen molar-refractivity contribution >= 4 is 32.6 Å². The van der Waals surface area contributed by atoms with E-state index in [0.29, 0.717) is 49.5 Å². The molecule has 3 aromatic rings. The number of hydrogen-bond donors (Lipinski definition) is 1. The van der Waals surface area contributed by atoms with Gasteiger partial charge in [-0.15, -0.1) is 0 Å². The molecule has 0 spiro atoms. The predicted octanol–water partition coefficient (Wildman–Crippen LogP) is 2.41. The topological polar surface area (TPSA) is 97.4 Å². The summed E-state index contributed by atoms with van der Waals surface area (Å²) < 4.78 is 23.8. The van der Waals surface area contributed by atoms with Gasteiger partial charge in [-0.2, -0.15) is 0 Å². The zero-order valence-corrected chi connectivity index (χ0v) is 18.5. The van der Waals surface area contributed by atoms with Crippen LogP contribution in [0, 0.1) is 0 Å². The number of fused-ring (bicyclic) bond motifs is 4. The molecule has 2 aliphatic rings. The van der Waals surface area contributed by atoms with Crippen LogP contribution < -0.4 is 9.64 Å². The molecule has 0 amide bonds. The molecule has 9 heteroatoms. The molecule has 31 heavy (non-hydrogen) atoms. The first kappa shape index (κ1) is 20.1.